The summed E-state index contributed by atoms with van der Waals surface area (Å²) in [5, 5.41) is 12.5. The third-order valence-electron chi connectivity index (χ3n) is 4.44. The van der Waals surface area contributed by atoms with Gasteiger partial charge < -0.3 is 15.2 Å². The maximum absolute atomic E-state index is 11.0. The molecule has 0 saturated heterocycles. The molecular formula is C16H24N4O3. The van der Waals surface area contributed by atoms with Gasteiger partial charge in [-0.05, 0) is 38.5 Å². The number of hydrogen-bond donors (Lipinski definition) is 2. The van der Waals surface area contributed by atoms with Gasteiger partial charge in [0.25, 0.3) is 0 Å². The van der Waals surface area contributed by atoms with Crippen LogP contribution in [0, 0.1) is 5.92 Å². The number of anilines is 1. The van der Waals surface area contributed by atoms with Gasteiger partial charge in [0.2, 0.25) is 5.88 Å². The minimum absolute atomic E-state index is 0.149. The average molecular weight is 320 g/mol. The van der Waals surface area contributed by atoms with Crippen molar-refractivity contribution in [3.8, 4) is 5.88 Å². The minimum atomic E-state index is -0.737. The first kappa shape index (κ1) is 16.0. The molecule has 23 heavy (non-hydrogen) atoms. The Labute approximate surface area is 136 Å². The summed E-state index contributed by atoms with van der Waals surface area (Å²) in [5.74, 6) is 1.30. The molecule has 0 aromatic carbocycles. The molecule has 0 aliphatic heterocycles. The van der Waals surface area contributed by atoms with Crippen molar-refractivity contribution in [3.05, 3.63) is 12.4 Å². The van der Waals surface area contributed by atoms with E-state index >= 15 is 0 Å². The second-order valence-corrected chi connectivity index (χ2v) is 6.41. The van der Waals surface area contributed by atoms with Crippen LogP contribution in [0.4, 0.5) is 5.82 Å². The van der Waals surface area contributed by atoms with E-state index in [0.29, 0.717) is 30.5 Å². The first-order valence-electron chi connectivity index (χ1n) is 8.31. The number of nitrogens with zero attached hydrogens (tertiary/aromatic N) is 3. The van der Waals surface area contributed by atoms with E-state index in [-0.39, 0.29) is 6.54 Å². The lowest BCUT2D eigenvalue weighted by Gasteiger charge is -2.43. The van der Waals surface area contributed by atoms with Gasteiger partial charge in [0, 0.05) is 24.7 Å². The molecule has 2 N–H and O–H groups in total. The van der Waals surface area contributed by atoms with E-state index in [1.807, 2.05) is 6.92 Å². The number of nitrogens with one attached hydrogen (secondary N) is 1. The summed E-state index contributed by atoms with van der Waals surface area (Å²) < 4.78 is 5.37. The smallest absolute Gasteiger partial charge is 0.317 e. The molecule has 1 heterocycles. The molecule has 1 aromatic rings. The Bertz CT molecular complexity index is 544. The highest BCUT2D eigenvalue weighted by molar-refractivity contribution is 5.69. The number of ether oxygens (including phenoxy) is 1. The molecule has 3 rings (SSSR count). The number of aliphatic carboxylic acids is 1. The molecule has 0 unspecified atom stereocenters. The number of aromatic nitrogens is 2. The van der Waals surface area contributed by atoms with Gasteiger partial charge in [-0.2, -0.15) is 0 Å². The lowest BCUT2D eigenvalue weighted by molar-refractivity contribution is -0.139. The van der Waals surface area contributed by atoms with Crippen LogP contribution < -0.4 is 10.1 Å². The Hall–Kier alpha value is -1.89. The largest absolute Gasteiger partial charge is 0.480 e. The van der Waals surface area contributed by atoms with Crippen molar-refractivity contribution in [3.63, 3.8) is 0 Å². The fourth-order valence-electron chi connectivity index (χ4n) is 3.01. The summed E-state index contributed by atoms with van der Waals surface area (Å²) in [7, 11) is 0. The van der Waals surface area contributed by atoms with Crippen molar-refractivity contribution >= 4 is 11.8 Å². The summed E-state index contributed by atoms with van der Waals surface area (Å²) in [6.45, 7) is 3.57. The summed E-state index contributed by atoms with van der Waals surface area (Å²) in [6.07, 6.45) is 5.88. The van der Waals surface area contributed by atoms with E-state index in [4.69, 9.17) is 9.84 Å². The Kier molecular flexibility index (Phi) is 4.95. The molecular weight excluding hydrogens is 296 g/mol. The maximum Gasteiger partial charge on any atom is 0.317 e. The molecule has 1 aromatic heterocycles. The number of rotatable bonds is 9. The number of carboxylic acid groups (broad SMARTS) is 1. The van der Waals surface area contributed by atoms with Gasteiger partial charge in [-0.25, -0.2) is 9.97 Å². The van der Waals surface area contributed by atoms with Crippen LogP contribution in [0.1, 0.15) is 32.6 Å². The highest BCUT2D eigenvalue weighted by Crippen LogP contribution is 2.34. The second kappa shape index (κ2) is 7.12. The highest BCUT2D eigenvalue weighted by atomic mass is 16.5. The predicted molar refractivity (Wildman–Crippen MR) is 85.6 cm³/mol. The van der Waals surface area contributed by atoms with Crippen molar-refractivity contribution in [1.29, 1.82) is 0 Å². The van der Waals surface area contributed by atoms with Crippen molar-refractivity contribution in [1.82, 2.24) is 14.9 Å². The maximum atomic E-state index is 11.0. The summed E-state index contributed by atoms with van der Waals surface area (Å²) >= 11 is 0. The lowest BCUT2D eigenvalue weighted by Crippen LogP contribution is -2.52. The molecule has 0 spiro atoms. The fourth-order valence-corrected chi connectivity index (χ4v) is 3.01. The first-order chi connectivity index (χ1) is 11.1. The molecule has 2 aliphatic rings. The Morgan fingerprint density at radius 3 is 2.87 bits per heavy atom. The van der Waals surface area contributed by atoms with Crippen LogP contribution in [-0.4, -0.2) is 57.7 Å². The summed E-state index contributed by atoms with van der Waals surface area (Å²) in [4.78, 5) is 21.4. The summed E-state index contributed by atoms with van der Waals surface area (Å²) in [6, 6.07) is 2.49. The van der Waals surface area contributed by atoms with E-state index < -0.39 is 5.97 Å². The zero-order valence-electron chi connectivity index (χ0n) is 13.4. The third kappa shape index (κ3) is 4.54. The van der Waals surface area contributed by atoms with Crippen LogP contribution in [0.25, 0.3) is 0 Å². The van der Waals surface area contributed by atoms with Gasteiger partial charge in [-0.3, -0.25) is 9.69 Å². The van der Waals surface area contributed by atoms with Crippen LogP contribution in [-0.2, 0) is 4.79 Å². The number of hydrogen-bond acceptors (Lipinski definition) is 6. The van der Waals surface area contributed by atoms with Gasteiger partial charge in [-0.15, -0.1) is 0 Å². The summed E-state index contributed by atoms with van der Waals surface area (Å²) in [5.41, 5.74) is 0. The molecule has 2 aliphatic carbocycles. The van der Waals surface area contributed by atoms with Crippen LogP contribution in [0.2, 0.25) is 0 Å². The lowest BCUT2D eigenvalue weighted by atomic mass is 9.85. The first-order valence-corrected chi connectivity index (χ1v) is 8.31. The molecule has 2 saturated carbocycles. The molecule has 0 bridgehead atoms. The van der Waals surface area contributed by atoms with Crippen molar-refractivity contribution < 1.29 is 14.6 Å². The van der Waals surface area contributed by atoms with Crippen molar-refractivity contribution in [2.75, 3.05) is 25.0 Å². The van der Waals surface area contributed by atoms with E-state index in [9.17, 15) is 4.79 Å². The van der Waals surface area contributed by atoms with E-state index in [1.165, 1.54) is 19.2 Å². The van der Waals surface area contributed by atoms with Crippen LogP contribution >= 0.6 is 0 Å². The zero-order chi connectivity index (χ0) is 16.2. The van der Waals surface area contributed by atoms with Gasteiger partial charge >= 0.3 is 5.97 Å². The monoisotopic (exact) mass is 320 g/mol. The van der Waals surface area contributed by atoms with Crippen LogP contribution in [0.3, 0.4) is 0 Å². The van der Waals surface area contributed by atoms with E-state index in [0.717, 1.165) is 25.2 Å². The number of carboxylic acids is 1. The van der Waals surface area contributed by atoms with E-state index in [2.05, 4.69) is 20.2 Å². The zero-order valence-corrected chi connectivity index (χ0v) is 13.4. The molecule has 0 radical (unpaired) electrons. The quantitative estimate of drug-likeness (QED) is 0.714. The fraction of sp³-hybridized carbons (Fsp3) is 0.688. The molecule has 2 fully saturated rings. The van der Waals surface area contributed by atoms with Crippen LogP contribution in [0.5, 0.6) is 5.88 Å². The Balaban J connectivity index is 1.49. The minimum Gasteiger partial charge on any atom is -0.480 e. The molecule has 0 atom stereocenters. The van der Waals surface area contributed by atoms with Gasteiger partial charge in [0.05, 0.1) is 13.2 Å². The van der Waals surface area contributed by atoms with Crippen molar-refractivity contribution in [2.24, 2.45) is 5.92 Å². The van der Waals surface area contributed by atoms with Crippen LogP contribution in [0.15, 0.2) is 12.4 Å². The Morgan fingerprint density at radius 1 is 1.43 bits per heavy atom. The highest BCUT2D eigenvalue weighted by Gasteiger charge is 2.37. The molecule has 0 amide bonds. The topological polar surface area (TPSA) is 87.6 Å². The average Bonchev–Trinajstić information content (AvgIpc) is 3.26. The molecule has 126 valence electrons. The number of carbonyl (C=O) groups is 1. The van der Waals surface area contributed by atoms with Gasteiger partial charge in [-0.1, -0.05) is 0 Å². The molecule has 7 nitrogen and oxygen atoms in total. The van der Waals surface area contributed by atoms with Crippen molar-refractivity contribution in [2.45, 2.75) is 44.7 Å². The Morgan fingerprint density at radius 2 is 2.22 bits per heavy atom. The van der Waals surface area contributed by atoms with Gasteiger partial charge in [0.1, 0.15) is 12.1 Å². The normalized spacial score (nSPS) is 23.4. The predicted octanol–water partition coefficient (Wildman–Crippen LogP) is 1.61. The molecule has 7 heteroatoms. The van der Waals surface area contributed by atoms with E-state index in [1.54, 1.807) is 6.07 Å². The second-order valence-electron chi connectivity index (χ2n) is 6.41. The standard InChI is InChI=1S/C16H24N4O3/c1-2-23-15-7-14(17-10-18-15)19-12-5-13(6-12)20(9-16(21)22)8-11-3-4-11/h7,10-13H,2-6,8-9H2,1H3,(H,21,22)(H,17,18,19). The van der Waals surface area contributed by atoms with Gasteiger partial charge in [0.15, 0.2) is 0 Å². The third-order valence-corrected chi connectivity index (χ3v) is 4.44. The SMILES string of the molecule is CCOc1cc(NC2CC(N(CC(=O)O)CC3CC3)C2)ncn1.